The molecule has 0 N–H and O–H groups in total. The van der Waals surface area contributed by atoms with Crippen molar-refractivity contribution < 1.29 is 22.7 Å². The molecule has 3 heterocycles. The van der Waals surface area contributed by atoms with E-state index in [9.17, 15) is 13.2 Å². The van der Waals surface area contributed by atoms with E-state index in [2.05, 4.69) is 57.2 Å². The first kappa shape index (κ1) is 32.9. The number of carbonyl (C=O) groups excluding carboxylic acids is 1. The van der Waals surface area contributed by atoms with Crippen LogP contribution in [0.1, 0.15) is 29.5 Å². The Balaban J connectivity index is 1.14. The van der Waals surface area contributed by atoms with Gasteiger partial charge in [0.2, 0.25) is 15.9 Å². The lowest BCUT2D eigenvalue weighted by Crippen LogP contribution is -2.59. The van der Waals surface area contributed by atoms with E-state index in [0.717, 1.165) is 39.0 Å². The van der Waals surface area contributed by atoms with Gasteiger partial charge in [-0.2, -0.15) is 4.31 Å². The van der Waals surface area contributed by atoms with Gasteiger partial charge in [-0.15, -0.1) is 0 Å². The van der Waals surface area contributed by atoms with Crippen LogP contribution >= 0.6 is 0 Å². The molecule has 1 amide bonds. The summed E-state index contributed by atoms with van der Waals surface area (Å²) in [6.07, 6.45) is 5.38. The second-order valence-corrected chi connectivity index (χ2v) is 13.9. The molecule has 11 heteroatoms. The first-order chi connectivity index (χ1) is 21.7. The normalized spacial score (nSPS) is 17.4. The molecule has 0 bridgehead atoms. The number of benzene rings is 2. The Morgan fingerprint density at radius 1 is 0.933 bits per heavy atom. The van der Waals surface area contributed by atoms with Crippen molar-refractivity contribution in [3.8, 4) is 5.75 Å². The highest BCUT2D eigenvalue weighted by Crippen LogP contribution is 2.40. The maximum atomic E-state index is 13.3. The average Bonchev–Trinajstić information content (AvgIpc) is 3.07. The molecule has 0 aliphatic carbocycles. The van der Waals surface area contributed by atoms with E-state index in [1.54, 1.807) is 33.1 Å². The zero-order valence-electron chi connectivity index (χ0n) is 26.8. The van der Waals surface area contributed by atoms with Gasteiger partial charge in [0.1, 0.15) is 12.4 Å². The number of rotatable bonds is 11. The number of hydrogen-bond donors (Lipinski definition) is 0. The second kappa shape index (κ2) is 14.3. The molecule has 5 rings (SSSR count). The van der Waals surface area contributed by atoms with E-state index in [0.29, 0.717) is 30.0 Å². The predicted octanol–water partition coefficient (Wildman–Crippen LogP) is 3.68. The smallest absolute Gasteiger partial charge is 0.248 e. The van der Waals surface area contributed by atoms with Crippen molar-refractivity contribution >= 4 is 21.6 Å². The SMILES string of the molecule is COc1cc(C)c(S(=O)(=O)N(C)CCOCC(=O)N2CCC(c3ccccc3)(N3CCN(c4ccncc4)CC3)CC2)c(C)c1. The lowest BCUT2D eigenvalue weighted by Gasteiger charge is -2.52. The fourth-order valence-corrected chi connectivity index (χ4v) is 8.32. The summed E-state index contributed by atoms with van der Waals surface area (Å²) in [7, 11) is -0.629. The minimum atomic E-state index is -3.72. The number of ether oxygens (including phenoxy) is 2. The molecule has 45 heavy (non-hydrogen) atoms. The van der Waals surface area contributed by atoms with Crippen LogP contribution in [0.2, 0.25) is 0 Å². The van der Waals surface area contributed by atoms with Gasteiger partial charge in [0.05, 0.1) is 18.6 Å². The summed E-state index contributed by atoms with van der Waals surface area (Å²) in [6.45, 7) is 8.78. The average molecular weight is 636 g/mol. The topological polar surface area (TPSA) is 95.5 Å². The maximum absolute atomic E-state index is 13.3. The van der Waals surface area contributed by atoms with Crippen molar-refractivity contribution in [1.82, 2.24) is 19.1 Å². The highest BCUT2D eigenvalue weighted by molar-refractivity contribution is 7.89. The van der Waals surface area contributed by atoms with Gasteiger partial charge in [-0.3, -0.25) is 14.7 Å². The van der Waals surface area contributed by atoms with Gasteiger partial charge in [0.25, 0.3) is 0 Å². The fraction of sp³-hybridized carbons (Fsp3) is 0.471. The number of carbonyl (C=O) groups is 1. The van der Waals surface area contributed by atoms with Crippen LogP contribution in [0.5, 0.6) is 5.75 Å². The Kier molecular flexibility index (Phi) is 10.4. The van der Waals surface area contributed by atoms with E-state index in [1.807, 2.05) is 17.3 Å². The summed E-state index contributed by atoms with van der Waals surface area (Å²) in [5.41, 5.74) is 3.63. The highest BCUT2D eigenvalue weighted by atomic mass is 32.2. The molecule has 0 spiro atoms. The number of piperidine rings is 1. The highest BCUT2D eigenvalue weighted by Gasteiger charge is 2.43. The van der Waals surface area contributed by atoms with Crippen LogP contribution in [0, 0.1) is 13.8 Å². The largest absolute Gasteiger partial charge is 0.497 e. The molecule has 0 unspecified atom stereocenters. The zero-order chi connectivity index (χ0) is 32.0. The molecule has 3 aromatic rings. The van der Waals surface area contributed by atoms with Crippen molar-refractivity contribution in [1.29, 1.82) is 0 Å². The van der Waals surface area contributed by atoms with E-state index in [4.69, 9.17) is 9.47 Å². The molecule has 2 fully saturated rings. The lowest BCUT2D eigenvalue weighted by molar-refractivity contribution is -0.139. The predicted molar refractivity (Wildman–Crippen MR) is 175 cm³/mol. The summed E-state index contributed by atoms with van der Waals surface area (Å²) in [5.74, 6) is 0.558. The van der Waals surface area contributed by atoms with Crippen molar-refractivity contribution in [2.24, 2.45) is 0 Å². The number of likely N-dealkylation sites (tertiary alicyclic amines) is 1. The Morgan fingerprint density at radius 3 is 2.16 bits per heavy atom. The molecule has 2 aliphatic heterocycles. The maximum Gasteiger partial charge on any atom is 0.248 e. The molecule has 1 aromatic heterocycles. The number of nitrogens with zero attached hydrogens (tertiary/aromatic N) is 5. The van der Waals surface area contributed by atoms with Gasteiger partial charge in [-0.25, -0.2) is 8.42 Å². The quantitative estimate of drug-likeness (QED) is 0.295. The number of likely N-dealkylation sites (N-methyl/N-ethyl adjacent to an activating group) is 1. The zero-order valence-corrected chi connectivity index (χ0v) is 27.6. The van der Waals surface area contributed by atoms with Crippen LogP contribution in [-0.4, -0.2) is 107 Å². The van der Waals surface area contributed by atoms with E-state index in [-0.39, 0.29) is 36.1 Å². The van der Waals surface area contributed by atoms with Crippen molar-refractivity contribution in [2.75, 3.05) is 78.1 Å². The molecular weight excluding hydrogens is 590 g/mol. The molecule has 2 aliphatic rings. The third kappa shape index (κ3) is 7.17. The summed E-state index contributed by atoms with van der Waals surface area (Å²) in [6, 6.07) is 18.3. The Bertz CT molecular complexity index is 1510. The number of methoxy groups -OCH3 is 1. The van der Waals surface area contributed by atoms with Crippen LogP contribution in [0.15, 0.2) is 71.9 Å². The van der Waals surface area contributed by atoms with Gasteiger partial charge < -0.3 is 19.3 Å². The van der Waals surface area contributed by atoms with Crippen LogP contribution in [-0.2, 0) is 25.1 Å². The molecule has 242 valence electrons. The van der Waals surface area contributed by atoms with Crippen molar-refractivity contribution in [3.63, 3.8) is 0 Å². The number of sulfonamides is 1. The van der Waals surface area contributed by atoms with Gasteiger partial charge in [0.15, 0.2) is 0 Å². The minimum Gasteiger partial charge on any atom is -0.497 e. The number of piperazine rings is 1. The van der Waals surface area contributed by atoms with Crippen LogP contribution in [0.3, 0.4) is 0 Å². The van der Waals surface area contributed by atoms with Gasteiger partial charge in [-0.05, 0) is 67.6 Å². The first-order valence-corrected chi connectivity index (χ1v) is 17.0. The number of anilines is 1. The first-order valence-electron chi connectivity index (χ1n) is 15.6. The lowest BCUT2D eigenvalue weighted by atomic mass is 9.78. The fourth-order valence-electron chi connectivity index (χ4n) is 6.76. The summed E-state index contributed by atoms with van der Waals surface area (Å²) >= 11 is 0. The van der Waals surface area contributed by atoms with Crippen LogP contribution < -0.4 is 9.64 Å². The summed E-state index contributed by atoms with van der Waals surface area (Å²) < 4.78 is 38.9. The van der Waals surface area contributed by atoms with Crippen LogP contribution in [0.25, 0.3) is 0 Å². The number of amides is 1. The van der Waals surface area contributed by atoms with Gasteiger partial charge >= 0.3 is 0 Å². The van der Waals surface area contributed by atoms with Crippen LogP contribution in [0.4, 0.5) is 5.69 Å². The van der Waals surface area contributed by atoms with Gasteiger partial charge in [0, 0.05) is 76.5 Å². The summed E-state index contributed by atoms with van der Waals surface area (Å²) in [5, 5.41) is 0. The number of hydrogen-bond acceptors (Lipinski definition) is 8. The monoisotopic (exact) mass is 635 g/mol. The number of aryl methyl sites for hydroxylation is 2. The molecule has 0 saturated carbocycles. The third-order valence-corrected chi connectivity index (χ3v) is 11.4. The standard InChI is InChI=1S/C34H45N5O5S/c1-27-24-31(43-4)25-28(2)33(27)45(41,42)36(3)22-23-44-26-32(40)38-16-12-34(13-17-38,29-8-6-5-7-9-29)39-20-18-37(19-21-39)30-10-14-35-15-11-30/h5-11,14-15,24-25H,12-13,16-23,26H2,1-4H3. The summed E-state index contributed by atoms with van der Waals surface area (Å²) in [4.78, 5) is 24.5. The number of pyridine rings is 1. The van der Waals surface area contributed by atoms with Gasteiger partial charge in [-0.1, -0.05) is 30.3 Å². The molecular formula is C34H45N5O5S. The molecule has 10 nitrogen and oxygen atoms in total. The van der Waals surface area contributed by atoms with E-state index < -0.39 is 10.0 Å². The third-order valence-electron chi connectivity index (χ3n) is 9.28. The Labute approximate surface area is 267 Å². The molecule has 0 radical (unpaired) electrons. The molecule has 0 atom stereocenters. The second-order valence-electron chi connectivity index (χ2n) is 11.9. The van der Waals surface area contributed by atoms with E-state index in [1.165, 1.54) is 22.6 Å². The van der Waals surface area contributed by atoms with Crippen molar-refractivity contribution in [3.05, 3.63) is 83.7 Å². The molecule has 2 saturated heterocycles. The van der Waals surface area contributed by atoms with E-state index >= 15 is 0 Å². The molecule has 2 aromatic carbocycles. The minimum absolute atomic E-state index is 0.0634. The Hall–Kier alpha value is -3.51. The van der Waals surface area contributed by atoms with Crippen molar-refractivity contribution in [2.45, 2.75) is 37.1 Å². The Morgan fingerprint density at radius 2 is 1.56 bits per heavy atom. The number of aromatic nitrogens is 1.